The number of pyridine rings is 1. The minimum atomic E-state index is -4.47. The van der Waals surface area contributed by atoms with E-state index < -0.39 is 11.9 Å². The average molecular weight is 358 g/mol. The van der Waals surface area contributed by atoms with E-state index in [0.717, 1.165) is 31.1 Å². The van der Waals surface area contributed by atoms with Crippen molar-refractivity contribution >= 4 is 23.2 Å². The fraction of sp³-hybridized carbons (Fsp3) is 0.400. The maximum Gasteiger partial charge on any atom is 0.433 e. The van der Waals surface area contributed by atoms with E-state index >= 15 is 0 Å². The Bertz CT molecular complexity index is 702. The molecule has 0 radical (unpaired) electrons. The maximum atomic E-state index is 12.7. The Hall–Kier alpha value is -2.09. The van der Waals surface area contributed by atoms with Crippen LogP contribution >= 0.6 is 11.6 Å². The summed E-state index contributed by atoms with van der Waals surface area (Å²) in [6.45, 7) is 1.43. The smallest absolute Gasteiger partial charge is 0.367 e. The predicted molar refractivity (Wildman–Crippen MR) is 85.1 cm³/mol. The van der Waals surface area contributed by atoms with E-state index in [0.29, 0.717) is 18.1 Å². The highest BCUT2D eigenvalue weighted by molar-refractivity contribution is 6.32. The first-order valence-corrected chi connectivity index (χ1v) is 7.82. The van der Waals surface area contributed by atoms with Crippen LogP contribution < -0.4 is 10.2 Å². The third kappa shape index (κ3) is 3.87. The van der Waals surface area contributed by atoms with E-state index in [2.05, 4.69) is 25.2 Å². The monoisotopic (exact) mass is 357 g/mol. The molecule has 0 atom stereocenters. The fourth-order valence-corrected chi connectivity index (χ4v) is 2.89. The molecular weight excluding hydrogens is 343 g/mol. The number of hydrogen-bond donors (Lipinski definition) is 1. The van der Waals surface area contributed by atoms with Gasteiger partial charge < -0.3 is 10.2 Å². The van der Waals surface area contributed by atoms with Crippen LogP contribution in [0.15, 0.2) is 30.7 Å². The van der Waals surface area contributed by atoms with Gasteiger partial charge in [-0.1, -0.05) is 11.6 Å². The van der Waals surface area contributed by atoms with Gasteiger partial charge >= 0.3 is 6.18 Å². The Kier molecular flexibility index (Phi) is 4.75. The van der Waals surface area contributed by atoms with Crippen LogP contribution in [0.5, 0.6) is 0 Å². The highest BCUT2D eigenvalue weighted by atomic mass is 35.5. The van der Waals surface area contributed by atoms with Crippen LogP contribution in [0.4, 0.5) is 24.8 Å². The Morgan fingerprint density at radius 3 is 2.58 bits per heavy atom. The molecule has 2 aromatic heterocycles. The van der Waals surface area contributed by atoms with Gasteiger partial charge in [0.2, 0.25) is 0 Å². The normalized spacial score (nSPS) is 16.2. The molecule has 9 heteroatoms. The van der Waals surface area contributed by atoms with Gasteiger partial charge in [0.05, 0.1) is 5.02 Å². The molecule has 0 spiro atoms. The summed E-state index contributed by atoms with van der Waals surface area (Å²) in [4.78, 5) is 13.5. The first-order chi connectivity index (χ1) is 11.4. The SMILES string of the molecule is FC(F)(F)c1cc(NC2CCN(c3ncccc3Cl)CC2)ncn1. The quantitative estimate of drug-likeness (QED) is 0.909. The molecule has 128 valence electrons. The fourth-order valence-electron chi connectivity index (χ4n) is 2.65. The molecule has 24 heavy (non-hydrogen) atoms. The van der Waals surface area contributed by atoms with Crippen molar-refractivity contribution in [2.75, 3.05) is 23.3 Å². The topological polar surface area (TPSA) is 53.9 Å². The number of hydrogen-bond acceptors (Lipinski definition) is 5. The number of rotatable bonds is 3. The second-order valence-corrected chi connectivity index (χ2v) is 5.91. The second-order valence-electron chi connectivity index (χ2n) is 5.50. The first kappa shape index (κ1) is 16.8. The van der Waals surface area contributed by atoms with Gasteiger partial charge in [0, 0.05) is 31.4 Å². The molecule has 1 aliphatic heterocycles. The lowest BCUT2D eigenvalue weighted by molar-refractivity contribution is -0.141. The number of alkyl halides is 3. The second kappa shape index (κ2) is 6.80. The van der Waals surface area contributed by atoms with Gasteiger partial charge in [0.25, 0.3) is 0 Å². The molecule has 0 amide bonds. The Morgan fingerprint density at radius 1 is 1.17 bits per heavy atom. The lowest BCUT2D eigenvalue weighted by Gasteiger charge is -2.33. The average Bonchev–Trinajstić information content (AvgIpc) is 2.56. The first-order valence-electron chi connectivity index (χ1n) is 7.45. The molecule has 0 unspecified atom stereocenters. The van der Waals surface area contributed by atoms with Crippen molar-refractivity contribution in [2.24, 2.45) is 0 Å². The molecule has 5 nitrogen and oxygen atoms in total. The van der Waals surface area contributed by atoms with Crippen LogP contribution in [-0.4, -0.2) is 34.1 Å². The zero-order valence-electron chi connectivity index (χ0n) is 12.6. The van der Waals surface area contributed by atoms with Crippen LogP contribution in [0.3, 0.4) is 0 Å². The summed E-state index contributed by atoms with van der Waals surface area (Å²) < 4.78 is 38.0. The van der Waals surface area contributed by atoms with Crippen LogP contribution in [0, 0.1) is 0 Å². The van der Waals surface area contributed by atoms with Crippen molar-refractivity contribution < 1.29 is 13.2 Å². The predicted octanol–water partition coefficient (Wildman–Crippen LogP) is 3.62. The lowest BCUT2D eigenvalue weighted by Crippen LogP contribution is -2.39. The van der Waals surface area contributed by atoms with Gasteiger partial charge in [-0.2, -0.15) is 13.2 Å². The van der Waals surface area contributed by atoms with Crippen LogP contribution in [-0.2, 0) is 6.18 Å². The van der Waals surface area contributed by atoms with Crippen LogP contribution in [0.1, 0.15) is 18.5 Å². The summed E-state index contributed by atoms with van der Waals surface area (Å²) in [6, 6.07) is 4.53. The number of nitrogens with one attached hydrogen (secondary N) is 1. The molecule has 1 fully saturated rings. The summed E-state index contributed by atoms with van der Waals surface area (Å²) in [6.07, 6.45) is -0.367. The van der Waals surface area contributed by atoms with E-state index in [-0.39, 0.29) is 11.9 Å². The number of anilines is 2. The van der Waals surface area contributed by atoms with Gasteiger partial charge in [0.15, 0.2) is 0 Å². The van der Waals surface area contributed by atoms with Crippen molar-refractivity contribution in [3.05, 3.63) is 41.4 Å². The molecule has 0 aliphatic carbocycles. The summed E-state index contributed by atoms with van der Waals surface area (Å²) >= 11 is 6.14. The van der Waals surface area contributed by atoms with E-state index in [1.165, 1.54) is 0 Å². The van der Waals surface area contributed by atoms with Crippen molar-refractivity contribution in [3.8, 4) is 0 Å². The molecule has 0 bridgehead atoms. The molecule has 0 aromatic carbocycles. The van der Waals surface area contributed by atoms with Crippen molar-refractivity contribution in [1.82, 2.24) is 15.0 Å². The van der Waals surface area contributed by atoms with Crippen LogP contribution in [0.25, 0.3) is 0 Å². The third-order valence-electron chi connectivity index (χ3n) is 3.84. The molecule has 0 saturated carbocycles. The zero-order chi connectivity index (χ0) is 17.2. The number of piperidine rings is 1. The Morgan fingerprint density at radius 2 is 1.92 bits per heavy atom. The molecule has 2 aromatic rings. The standard InChI is InChI=1S/C15H15ClF3N5/c16-11-2-1-5-20-14(11)24-6-3-10(4-7-24)23-13-8-12(15(17,18)19)21-9-22-13/h1-2,5,8-10H,3-4,6-7H2,(H,21,22,23). The summed E-state index contributed by atoms with van der Waals surface area (Å²) in [5.41, 5.74) is -0.947. The molecule has 1 saturated heterocycles. The largest absolute Gasteiger partial charge is 0.433 e. The van der Waals surface area contributed by atoms with Crippen molar-refractivity contribution in [3.63, 3.8) is 0 Å². The van der Waals surface area contributed by atoms with Crippen molar-refractivity contribution in [1.29, 1.82) is 0 Å². The van der Waals surface area contributed by atoms with Gasteiger partial charge in [-0.15, -0.1) is 0 Å². The maximum absolute atomic E-state index is 12.7. The highest BCUT2D eigenvalue weighted by Gasteiger charge is 2.33. The summed E-state index contributed by atoms with van der Waals surface area (Å²) in [5.74, 6) is 0.922. The molecular formula is C15H15ClF3N5. The summed E-state index contributed by atoms with van der Waals surface area (Å²) in [7, 11) is 0. The third-order valence-corrected chi connectivity index (χ3v) is 4.14. The number of halogens is 4. The molecule has 3 rings (SSSR count). The summed E-state index contributed by atoms with van der Waals surface area (Å²) in [5, 5.41) is 3.64. The Balaban J connectivity index is 1.61. The highest BCUT2D eigenvalue weighted by Crippen LogP contribution is 2.29. The molecule has 1 N–H and O–H groups in total. The minimum absolute atomic E-state index is 0.0414. The number of nitrogens with zero attached hydrogens (tertiary/aromatic N) is 4. The minimum Gasteiger partial charge on any atom is -0.367 e. The molecule has 3 heterocycles. The van der Waals surface area contributed by atoms with E-state index in [1.807, 2.05) is 0 Å². The van der Waals surface area contributed by atoms with Crippen LogP contribution in [0.2, 0.25) is 5.02 Å². The molecule has 1 aliphatic rings. The van der Waals surface area contributed by atoms with Gasteiger partial charge in [-0.25, -0.2) is 15.0 Å². The van der Waals surface area contributed by atoms with E-state index in [1.54, 1.807) is 18.3 Å². The van der Waals surface area contributed by atoms with Gasteiger partial charge in [0.1, 0.15) is 23.7 Å². The lowest BCUT2D eigenvalue weighted by atomic mass is 10.0. The van der Waals surface area contributed by atoms with Gasteiger partial charge in [-0.05, 0) is 25.0 Å². The van der Waals surface area contributed by atoms with Gasteiger partial charge in [-0.3, -0.25) is 0 Å². The number of aromatic nitrogens is 3. The van der Waals surface area contributed by atoms with Crippen molar-refractivity contribution in [2.45, 2.75) is 25.1 Å². The van der Waals surface area contributed by atoms with E-state index in [9.17, 15) is 13.2 Å². The van der Waals surface area contributed by atoms with E-state index in [4.69, 9.17) is 11.6 Å². The Labute approximate surface area is 141 Å². The zero-order valence-corrected chi connectivity index (χ0v) is 13.3.